The highest BCUT2D eigenvalue weighted by Gasteiger charge is 2.33. The van der Waals surface area contributed by atoms with Crippen LogP contribution in [0.15, 0.2) is 0 Å². The highest BCUT2D eigenvalue weighted by molar-refractivity contribution is 7.86. The van der Waals surface area contributed by atoms with Crippen molar-refractivity contribution in [3.63, 3.8) is 0 Å². The van der Waals surface area contributed by atoms with Crippen LogP contribution < -0.4 is 5.32 Å². The van der Waals surface area contributed by atoms with Crippen LogP contribution in [0.1, 0.15) is 6.42 Å². The van der Waals surface area contributed by atoms with Gasteiger partial charge in [0.25, 0.3) is 10.2 Å². The predicted molar refractivity (Wildman–Crippen MR) is 73.3 cm³/mol. The molecule has 7 nitrogen and oxygen atoms in total. The van der Waals surface area contributed by atoms with Crippen molar-refractivity contribution in [2.24, 2.45) is 0 Å². The first-order valence-corrected chi connectivity index (χ1v) is 7.85. The molecule has 0 amide bonds. The number of rotatable bonds is 9. The molecule has 0 radical (unpaired) electrons. The Balaban J connectivity index is 2.71. The van der Waals surface area contributed by atoms with E-state index in [0.29, 0.717) is 32.8 Å². The van der Waals surface area contributed by atoms with Crippen LogP contribution in [0.4, 0.5) is 0 Å². The zero-order valence-corrected chi connectivity index (χ0v) is 12.8. The molecule has 1 fully saturated rings. The summed E-state index contributed by atoms with van der Waals surface area (Å²) in [5.41, 5.74) is 0. The molecule has 0 aliphatic carbocycles. The summed E-state index contributed by atoms with van der Waals surface area (Å²) in [4.78, 5) is 0. The van der Waals surface area contributed by atoms with Gasteiger partial charge in [-0.05, 0) is 13.0 Å². The summed E-state index contributed by atoms with van der Waals surface area (Å²) in [6, 6.07) is 0.0255. The van der Waals surface area contributed by atoms with E-state index in [-0.39, 0.29) is 6.04 Å². The summed E-state index contributed by atoms with van der Waals surface area (Å²) in [7, 11) is 1.30. The third-order valence-electron chi connectivity index (χ3n) is 3.33. The van der Waals surface area contributed by atoms with Gasteiger partial charge in [0.05, 0.1) is 13.2 Å². The smallest absolute Gasteiger partial charge is 0.282 e. The zero-order valence-electron chi connectivity index (χ0n) is 12.0. The van der Waals surface area contributed by atoms with Crippen molar-refractivity contribution in [2.75, 3.05) is 60.7 Å². The summed E-state index contributed by atoms with van der Waals surface area (Å²) in [5.74, 6) is 0. The average Bonchev–Trinajstić information content (AvgIpc) is 2.91. The lowest BCUT2D eigenvalue weighted by atomic mass is 10.3. The maximum atomic E-state index is 12.5. The molecule has 1 rings (SSSR count). The standard InChI is InChI=1S/C11H25N3O4S/c1-13(11-4-5-12-10-11)19(15,16)14(6-8-17-2)7-9-18-3/h11-12H,4-10H2,1-3H3. The van der Waals surface area contributed by atoms with Crippen molar-refractivity contribution < 1.29 is 17.9 Å². The molecule has 1 saturated heterocycles. The van der Waals surface area contributed by atoms with Crippen LogP contribution >= 0.6 is 0 Å². The first-order chi connectivity index (χ1) is 9.04. The van der Waals surface area contributed by atoms with Crippen LogP contribution in [0, 0.1) is 0 Å². The molecule has 1 heterocycles. The normalized spacial score (nSPS) is 20.6. The SMILES string of the molecule is COCCN(CCOC)S(=O)(=O)N(C)C1CCNC1. The second-order valence-corrected chi connectivity index (χ2v) is 6.54. The number of nitrogens with zero attached hydrogens (tertiary/aromatic N) is 2. The molecule has 114 valence electrons. The first-order valence-electron chi connectivity index (χ1n) is 6.45. The van der Waals surface area contributed by atoms with E-state index in [0.717, 1.165) is 13.0 Å². The van der Waals surface area contributed by atoms with E-state index in [1.54, 1.807) is 21.3 Å². The van der Waals surface area contributed by atoms with Crippen LogP contribution in [0.25, 0.3) is 0 Å². The molecule has 1 N–H and O–H groups in total. The predicted octanol–water partition coefficient (Wildman–Crippen LogP) is -0.880. The molecule has 19 heavy (non-hydrogen) atoms. The van der Waals surface area contributed by atoms with Gasteiger partial charge in [-0.25, -0.2) is 0 Å². The number of methoxy groups -OCH3 is 2. The van der Waals surface area contributed by atoms with E-state index in [9.17, 15) is 8.42 Å². The Kier molecular flexibility index (Phi) is 7.19. The Hall–Kier alpha value is -0.250. The van der Waals surface area contributed by atoms with Crippen molar-refractivity contribution in [1.82, 2.24) is 13.9 Å². The Morgan fingerprint density at radius 2 is 1.79 bits per heavy atom. The van der Waals surface area contributed by atoms with Gasteiger partial charge in [-0.2, -0.15) is 17.0 Å². The minimum Gasteiger partial charge on any atom is -0.383 e. The number of ether oxygens (including phenoxy) is 2. The van der Waals surface area contributed by atoms with Gasteiger partial charge in [-0.15, -0.1) is 0 Å². The Morgan fingerprint density at radius 3 is 2.21 bits per heavy atom. The molecule has 1 aliphatic heterocycles. The molecule has 0 saturated carbocycles. The average molecular weight is 295 g/mol. The third-order valence-corrected chi connectivity index (χ3v) is 5.37. The second kappa shape index (κ2) is 8.13. The van der Waals surface area contributed by atoms with Gasteiger partial charge >= 0.3 is 0 Å². The molecular formula is C11H25N3O4S. The number of hydrogen-bond acceptors (Lipinski definition) is 5. The molecule has 1 aliphatic rings. The third kappa shape index (κ3) is 4.66. The maximum Gasteiger partial charge on any atom is 0.282 e. The van der Waals surface area contributed by atoms with E-state index in [1.165, 1.54) is 8.61 Å². The molecule has 0 aromatic heterocycles. The van der Waals surface area contributed by atoms with E-state index >= 15 is 0 Å². The number of likely N-dealkylation sites (N-methyl/N-ethyl adjacent to an activating group) is 1. The monoisotopic (exact) mass is 295 g/mol. The first kappa shape index (κ1) is 16.8. The van der Waals surface area contributed by atoms with Gasteiger partial charge in [-0.1, -0.05) is 0 Å². The summed E-state index contributed by atoms with van der Waals surface area (Å²) < 4.78 is 37.9. The fourth-order valence-corrected chi connectivity index (χ4v) is 3.58. The summed E-state index contributed by atoms with van der Waals surface area (Å²) in [6.45, 7) is 3.00. The highest BCUT2D eigenvalue weighted by atomic mass is 32.2. The van der Waals surface area contributed by atoms with E-state index in [2.05, 4.69) is 5.32 Å². The molecule has 1 atom stereocenters. The van der Waals surface area contributed by atoms with Gasteiger partial charge in [0.1, 0.15) is 0 Å². The molecule has 1 unspecified atom stereocenters. The number of hydrogen-bond donors (Lipinski definition) is 1. The summed E-state index contributed by atoms with van der Waals surface area (Å²) in [6.07, 6.45) is 0.845. The summed E-state index contributed by atoms with van der Waals surface area (Å²) in [5, 5.41) is 3.18. The van der Waals surface area contributed by atoms with Gasteiger partial charge in [0, 0.05) is 46.9 Å². The van der Waals surface area contributed by atoms with Crippen LogP contribution in [-0.2, 0) is 19.7 Å². The van der Waals surface area contributed by atoms with Crippen molar-refractivity contribution in [3.05, 3.63) is 0 Å². The van der Waals surface area contributed by atoms with E-state index in [1.807, 2.05) is 0 Å². The van der Waals surface area contributed by atoms with Gasteiger partial charge in [-0.3, -0.25) is 0 Å². The van der Waals surface area contributed by atoms with Crippen molar-refractivity contribution in [2.45, 2.75) is 12.5 Å². The Morgan fingerprint density at radius 1 is 1.21 bits per heavy atom. The molecule has 0 aromatic rings. The van der Waals surface area contributed by atoms with Crippen molar-refractivity contribution in [1.29, 1.82) is 0 Å². The lowest BCUT2D eigenvalue weighted by Crippen LogP contribution is -2.49. The fourth-order valence-electron chi connectivity index (χ4n) is 2.05. The molecule has 8 heteroatoms. The van der Waals surface area contributed by atoms with Gasteiger partial charge in [0.2, 0.25) is 0 Å². The Bertz CT molecular complexity index is 336. The second-order valence-electron chi connectivity index (χ2n) is 4.56. The minimum absolute atomic E-state index is 0.0255. The zero-order chi connectivity index (χ0) is 14.3. The quantitative estimate of drug-likeness (QED) is 0.598. The molecule has 0 spiro atoms. The van der Waals surface area contributed by atoms with Crippen molar-refractivity contribution >= 4 is 10.2 Å². The fraction of sp³-hybridized carbons (Fsp3) is 1.00. The van der Waals surface area contributed by atoms with E-state index < -0.39 is 10.2 Å². The molecule has 0 aromatic carbocycles. The van der Waals surface area contributed by atoms with Crippen LogP contribution in [0.2, 0.25) is 0 Å². The molecular weight excluding hydrogens is 270 g/mol. The van der Waals surface area contributed by atoms with E-state index in [4.69, 9.17) is 9.47 Å². The highest BCUT2D eigenvalue weighted by Crippen LogP contribution is 2.14. The minimum atomic E-state index is -3.46. The molecule has 0 bridgehead atoms. The largest absolute Gasteiger partial charge is 0.383 e. The van der Waals surface area contributed by atoms with Crippen molar-refractivity contribution in [3.8, 4) is 0 Å². The summed E-state index contributed by atoms with van der Waals surface area (Å²) >= 11 is 0. The van der Waals surface area contributed by atoms with Crippen LogP contribution in [-0.4, -0.2) is 83.7 Å². The van der Waals surface area contributed by atoms with Crippen LogP contribution in [0.5, 0.6) is 0 Å². The lowest BCUT2D eigenvalue weighted by molar-refractivity contribution is 0.146. The van der Waals surface area contributed by atoms with Gasteiger partial charge in [0.15, 0.2) is 0 Å². The Labute approximate surface area is 116 Å². The van der Waals surface area contributed by atoms with Gasteiger partial charge < -0.3 is 14.8 Å². The lowest BCUT2D eigenvalue weighted by Gasteiger charge is -2.30. The topological polar surface area (TPSA) is 71.1 Å². The number of nitrogens with one attached hydrogen (secondary N) is 1. The maximum absolute atomic E-state index is 12.5. The van der Waals surface area contributed by atoms with Crippen LogP contribution in [0.3, 0.4) is 0 Å².